The van der Waals surface area contributed by atoms with Gasteiger partial charge in [-0.05, 0) is 72.1 Å². The number of nitrogens with zero attached hydrogens (tertiary/aromatic N) is 1. The first-order valence-corrected chi connectivity index (χ1v) is 10.6. The van der Waals surface area contributed by atoms with Gasteiger partial charge in [-0.2, -0.15) is 0 Å². The van der Waals surface area contributed by atoms with Crippen molar-refractivity contribution in [1.82, 2.24) is 10.2 Å². The molecule has 0 bridgehead atoms. The Morgan fingerprint density at radius 1 is 1.14 bits per heavy atom. The van der Waals surface area contributed by atoms with Crippen LogP contribution >= 0.6 is 15.9 Å². The second kappa shape index (κ2) is 10.4. The van der Waals surface area contributed by atoms with Crippen molar-refractivity contribution in [1.29, 1.82) is 0 Å². The topological polar surface area (TPSA) is 70.7 Å². The van der Waals surface area contributed by atoms with Crippen molar-refractivity contribution >= 4 is 33.4 Å². The van der Waals surface area contributed by atoms with E-state index in [-0.39, 0.29) is 30.9 Å². The number of hydrogen-bond acceptors (Lipinski definition) is 4. The summed E-state index contributed by atoms with van der Waals surface area (Å²) in [6.07, 6.45) is 2.07. The smallest absolute Gasteiger partial charge is 0.243 e. The Kier molecular flexibility index (Phi) is 7.66. The van der Waals surface area contributed by atoms with Crippen LogP contribution in [0.5, 0.6) is 5.75 Å². The van der Waals surface area contributed by atoms with Crippen LogP contribution in [0.1, 0.15) is 31.4 Å². The minimum absolute atomic E-state index is 0.0538. The van der Waals surface area contributed by atoms with Gasteiger partial charge in [-0.3, -0.25) is 14.5 Å². The average molecular weight is 460 g/mol. The van der Waals surface area contributed by atoms with Crippen LogP contribution in [0, 0.1) is 0 Å². The van der Waals surface area contributed by atoms with Gasteiger partial charge in [-0.1, -0.05) is 24.3 Å². The highest BCUT2D eigenvalue weighted by Crippen LogP contribution is 2.32. The van der Waals surface area contributed by atoms with Gasteiger partial charge in [-0.15, -0.1) is 0 Å². The van der Waals surface area contributed by atoms with Gasteiger partial charge in [0.2, 0.25) is 11.8 Å². The van der Waals surface area contributed by atoms with Crippen molar-refractivity contribution in [3.05, 3.63) is 58.6 Å². The second-order valence-corrected chi connectivity index (χ2v) is 7.79. The van der Waals surface area contributed by atoms with Crippen LogP contribution in [-0.4, -0.2) is 43.0 Å². The molecule has 2 N–H and O–H groups in total. The Morgan fingerprint density at radius 3 is 2.62 bits per heavy atom. The van der Waals surface area contributed by atoms with Gasteiger partial charge in [0.25, 0.3) is 0 Å². The predicted molar refractivity (Wildman–Crippen MR) is 117 cm³/mol. The molecule has 0 radical (unpaired) electrons. The Bertz CT molecular complexity index is 841. The molecule has 0 aromatic heterocycles. The fraction of sp³-hybridized carbons (Fsp3) is 0.364. The summed E-state index contributed by atoms with van der Waals surface area (Å²) in [6.45, 7) is 3.70. The van der Waals surface area contributed by atoms with Crippen molar-refractivity contribution < 1.29 is 14.3 Å². The molecule has 7 heteroatoms. The summed E-state index contributed by atoms with van der Waals surface area (Å²) < 4.78 is 6.30. The predicted octanol–water partition coefficient (Wildman–Crippen LogP) is 3.74. The lowest BCUT2D eigenvalue weighted by Crippen LogP contribution is -2.40. The van der Waals surface area contributed by atoms with E-state index in [1.807, 2.05) is 37.3 Å². The Morgan fingerprint density at radius 2 is 1.90 bits per heavy atom. The number of ether oxygens (including phenoxy) is 1. The molecule has 1 atom stereocenters. The fourth-order valence-electron chi connectivity index (χ4n) is 3.52. The van der Waals surface area contributed by atoms with Gasteiger partial charge in [0, 0.05) is 10.5 Å². The van der Waals surface area contributed by atoms with Crippen LogP contribution in [0.2, 0.25) is 0 Å². The van der Waals surface area contributed by atoms with Gasteiger partial charge < -0.3 is 15.4 Å². The molecule has 2 aromatic carbocycles. The van der Waals surface area contributed by atoms with Gasteiger partial charge in [0.1, 0.15) is 5.75 Å². The second-order valence-electron chi connectivity index (χ2n) is 6.94. The maximum atomic E-state index is 12.4. The zero-order valence-electron chi connectivity index (χ0n) is 16.5. The van der Waals surface area contributed by atoms with Crippen molar-refractivity contribution in [3.8, 4) is 5.75 Å². The quantitative estimate of drug-likeness (QED) is 0.630. The number of benzene rings is 2. The van der Waals surface area contributed by atoms with E-state index in [1.54, 1.807) is 6.07 Å². The SMILES string of the molecule is CCOc1ccc(C2CCCN2CC(=O)NCC(=O)Nc2ccccc2Br)cc1. The summed E-state index contributed by atoms with van der Waals surface area (Å²) in [5, 5.41) is 5.50. The van der Waals surface area contributed by atoms with Crippen LogP contribution in [-0.2, 0) is 9.59 Å². The first-order chi connectivity index (χ1) is 14.1. The van der Waals surface area contributed by atoms with E-state index in [0.717, 1.165) is 29.6 Å². The highest BCUT2D eigenvalue weighted by Gasteiger charge is 2.27. The number of para-hydroxylation sites is 1. The number of anilines is 1. The lowest BCUT2D eigenvalue weighted by Gasteiger charge is -2.24. The number of carbonyl (C=O) groups excluding carboxylic acids is 2. The molecule has 3 rings (SSSR count). The molecule has 1 heterocycles. The summed E-state index contributed by atoms with van der Waals surface area (Å²) >= 11 is 3.39. The van der Waals surface area contributed by atoms with E-state index in [9.17, 15) is 9.59 Å². The summed E-state index contributed by atoms with van der Waals surface area (Å²) in [5.41, 5.74) is 1.87. The molecular formula is C22H26BrN3O3. The molecule has 2 aromatic rings. The van der Waals surface area contributed by atoms with E-state index in [1.165, 1.54) is 5.56 Å². The Labute approximate surface area is 179 Å². The number of amides is 2. The largest absolute Gasteiger partial charge is 0.494 e. The third kappa shape index (κ3) is 6.05. The molecule has 6 nitrogen and oxygen atoms in total. The molecule has 0 spiro atoms. The number of nitrogens with one attached hydrogen (secondary N) is 2. The van der Waals surface area contributed by atoms with E-state index in [4.69, 9.17) is 4.74 Å². The van der Waals surface area contributed by atoms with Gasteiger partial charge in [0.05, 0.1) is 25.4 Å². The molecule has 1 aliphatic heterocycles. The lowest BCUT2D eigenvalue weighted by molar-refractivity contribution is -0.125. The summed E-state index contributed by atoms with van der Waals surface area (Å²) in [5.74, 6) is 0.453. The standard InChI is InChI=1S/C22H26BrN3O3/c1-2-29-17-11-9-16(10-12-17)20-8-5-13-26(20)15-22(28)24-14-21(27)25-19-7-4-3-6-18(19)23/h3-4,6-7,9-12,20H,2,5,8,13-15H2,1H3,(H,24,28)(H,25,27). The number of halogens is 1. The zero-order chi connectivity index (χ0) is 20.6. The van der Waals surface area contributed by atoms with Crippen LogP contribution in [0.15, 0.2) is 53.0 Å². The Hall–Kier alpha value is -2.38. The van der Waals surface area contributed by atoms with E-state index in [2.05, 4.69) is 43.6 Å². The maximum absolute atomic E-state index is 12.4. The normalized spacial score (nSPS) is 16.4. The molecular weight excluding hydrogens is 434 g/mol. The number of carbonyl (C=O) groups is 2. The first kappa shape index (κ1) is 21.3. The van der Waals surface area contributed by atoms with E-state index in [0.29, 0.717) is 12.3 Å². The molecule has 0 aliphatic carbocycles. The molecule has 1 aliphatic rings. The lowest BCUT2D eigenvalue weighted by atomic mass is 10.0. The van der Waals surface area contributed by atoms with Crippen molar-refractivity contribution in [2.24, 2.45) is 0 Å². The maximum Gasteiger partial charge on any atom is 0.243 e. The van der Waals surface area contributed by atoms with Crippen LogP contribution in [0.3, 0.4) is 0 Å². The minimum Gasteiger partial charge on any atom is -0.494 e. The summed E-state index contributed by atoms with van der Waals surface area (Å²) in [7, 11) is 0. The van der Waals surface area contributed by atoms with Gasteiger partial charge in [0.15, 0.2) is 0 Å². The summed E-state index contributed by atoms with van der Waals surface area (Å²) in [6, 6.07) is 15.7. The zero-order valence-corrected chi connectivity index (χ0v) is 18.1. The van der Waals surface area contributed by atoms with Crippen molar-refractivity contribution in [2.75, 3.05) is 31.6 Å². The molecule has 1 saturated heterocycles. The third-order valence-corrected chi connectivity index (χ3v) is 5.57. The van der Waals surface area contributed by atoms with Crippen molar-refractivity contribution in [2.45, 2.75) is 25.8 Å². The molecule has 29 heavy (non-hydrogen) atoms. The van der Waals surface area contributed by atoms with Crippen LogP contribution in [0.4, 0.5) is 5.69 Å². The summed E-state index contributed by atoms with van der Waals surface area (Å²) in [4.78, 5) is 26.6. The Balaban J connectivity index is 1.49. The fourth-order valence-corrected chi connectivity index (χ4v) is 3.91. The van der Waals surface area contributed by atoms with Crippen LogP contribution < -0.4 is 15.4 Å². The van der Waals surface area contributed by atoms with E-state index < -0.39 is 0 Å². The minimum atomic E-state index is -0.255. The number of hydrogen-bond donors (Lipinski definition) is 2. The van der Waals surface area contributed by atoms with Gasteiger partial charge >= 0.3 is 0 Å². The van der Waals surface area contributed by atoms with Crippen molar-refractivity contribution in [3.63, 3.8) is 0 Å². The highest BCUT2D eigenvalue weighted by molar-refractivity contribution is 9.10. The average Bonchev–Trinajstić information content (AvgIpc) is 3.17. The molecule has 2 amide bonds. The molecule has 154 valence electrons. The van der Waals surface area contributed by atoms with E-state index >= 15 is 0 Å². The number of likely N-dealkylation sites (tertiary alicyclic amines) is 1. The highest BCUT2D eigenvalue weighted by atomic mass is 79.9. The molecule has 0 saturated carbocycles. The first-order valence-electron chi connectivity index (χ1n) is 9.84. The van der Waals surface area contributed by atoms with Crippen LogP contribution in [0.25, 0.3) is 0 Å². The molecule has 1 fully saturated rings. The third-order valence-electron chi connectivity index (χ3n) is 4.88. The monoisotopic (exact) mass is 459 g/mol. The number of rotatable bonds is 8. The van der Waals surface area contributed by atoms with Gasteiger partial charge in [-0.25, -0.2) is 0 Å². The molecule has 1 unspecified atom stereocenters.